The van der Waals surface area contributed by atoms with Gasteiger partial charge in [0.2, 0.25) is 11.8 Å². The van der Waals surface area contributed by atoms with Gasteiger partial charge in [0.25, 0.3) is 0 Å². The molecular weight excluding hydrogens is 386 g/mol. The lowest BCUT2D eigenvalue weighted by Gasteiger charge is -2.19. The summed E-state index contributed by atoms with van der Waals surface area (Å²) in [6.45, 7) is -0.484. The van der Waals surface area contributed by atoms with Crippen molar-refractivity contribution in [1.29, 1.82) is 0 Å². The Morgan fingerprint density at radius 3 is 2.33 bits per heavy atom. The molecule has 1 saturated heterocycles. The second-order valence-electron chi connectivity index (χ2n) is 8.48. The van der Waals surface area contributed by atoms with Crippen molar-refractivity contribution in [3.8, 4) is 0 Å². The van der Waals surface area contributed by atoms with Crippen LogP contribution in [0, 0.1) is 11.8 Å². The van der Waals surface area contributed by atoms with Crippen LogP contribution in [0.15, 0.2) is 27.4 Å². The van der Waals surface area contributed by atoms with E-state index in [-0.39, 0.29) is 36.8 Å². The van der Waals surface area contributed by atoms with Gasteiger partial charge in [0.1, 0.15) is 18.7 Å². The molecule has 30 heavy (non-hydrogen) atoms. The molecule has 156 valence electrons. The van der Waals surface area contributed by atoms with Crippen molar-refractivity contribution in [2.45, 2.75) is 51.6 Å². The normalized spacial score (nSPS) is 23.0. The molecule has 2 amide bonds. The van der Waals surface area contributed by atoms with E-state index in [1.54, 1.807) is 0 Å². The molecule has 0 bridgehead atoms. The summed E-state index contributed by atoms with van der Waals surface area (Å²) >= 11 is 0. The van der Waals surface area contributed by atoms with Crippen molar-refractivity contribution in [3.63, 3.8) is 0 Å². The summed E-state index contributed by atoms with van der Waals surface area (Å²) in [4.78, 5) is 50.5. The van der Waals surface area contributed by atoms with Gasteiger partial charge in [-0.3, -0.25) is 19.3 Å². The molecule has 0 unspecified atom stereocenters. The number of carbonyl (C=O) groups is 3. The van der Waals surface area contributed by atoms with E-state index in [4.69, 9.17) is 9.15 Å². The number of aryl methyl sites for hydroxylation is 2. The standard InChI is InChI=1S/C23H23NO6/c25-20-10-15(18-8-13-4-3-5-14(13)9-19(18)30-20)12-29-21(26)11-24-22(27)16-6-1-2-7-17(16)23(24)28/h8-10,16-17H,1-7,11-12H2/t16-,17-/m0/s1. The summed E-state index contributed by atoms with van der Waals surface area (Å²) in [6, 6.07) is 5.23. The summed E-state index contributed by atoms with van der Waals surface area (Å²) in [6.07, 6.45) is 6.30. The minimum atomic E-state index is -0.655. The van der Waals surface area contributed by atoms with Crippen LogP contribution in [0.1, 0.15) is 48.8 Å². The van der Waals surface area contributed by atoms with Gasteiger partial charge < -0.3 is 9.15 Å². The molecule has 1 aliphatic heterocycles. The van der Waals surface area contributed by atoms with Crippen LogP contribution in [0.4, 0.5) is 0 Å². The smallest absolute Gasteiger partial charge is 0.336 e. The zero-order valence-corrected chi connectivity index (χ0v) is 16.6. The average Bonchev–Trinajstić information content (AvgIpc) is 3.29. The van der Waals surface area contributed by atoms with Crippen LogP contribution in [-0.4, -0.2) is 29.2 Å². The number of carbonyl (C=O) groups excluding carboxylic acids is 3. The summed E-state index contributed by atoms with van der Waals surface area (Å²) in [5.41, 5.74) is 2.97. The molecule has 1 saturated carbocycles. The first-order valence-electron chi connectivity index (χ1n) is 10.6. The van der Waals surface area contributed by atoms with Crippen LogP contribution in [-0.2, 0) is 38.6 Å². The molecule has 7 nitrogen and oxygen atoms in total. The van der Waals surface area contributed by atoms with E-state index in [0.29, 0.717) is 24.0 Å². The molecule has 2 fully saturated rings. The number of benzene rings is 1. The summed E-state index contributed by atoms with van der Waals surface area (Å²) in [5, 5.41) is 0.752. The van der Waals surface area contributed by atoms with Gasteiger partial charge in [0, 0.05) is 17.0 Å². The highest BCUT2D eigenvalue weighted by atomic mass is 16.5. The zero-order valence-electron chi connectivity index (χ0n) is 16.6. The zero-order chi connectivity index (χ0) is 20.8. The fraction of sp³-hybridized carbons (Fsp3) is 0.478. The van der Waals surface area contributed by atoms with E-state index in [0.717, 1.165) is 42.4 Å². The Morgan fingerprint density at radius 1 is 0.967 bits per heavy atom. The quantitative estimate of drug-likeness (QED) is 0.438. The summed E-state index contributed by atoms with van der Waals surface area (Å²) in [7, 11) is 0. The Hall–Kier alpha value is -2.96. The average molecular weight is 409 g/mol. The van der Waals surface area contributed by atoms with Crippen molar-refractivity contribution in [3.05, 3.63) is 45.3 Å². The highest BCUT2D eigenvalue weighted by molar-refractivity contribution is 6.07. The lowest BCUT2D eigenvalue weighted by atomic mass is 9.81. The topological polar surface area (TPSA) is 93.9 Å². The van der Waals surface area contributed by atoms with Crippen molar-refractivity contribution in [1.82, 2.24) is 4.90 Å². The minimum absolute atomic E-state index is 0.108. The third-order valence-corrected chi connectivity index (χ3v) is 6.65. The van der Waals surface area contributed by atoms with Crippen molar-refractivity contribution < 1.29 is 23.5 Å². The number of imide groups is 1. The van der Waals surface area contributed by atoms with Gasteiger partial charge in [-0.15, -0.1) is 0 Å². The van der Waals surface area contributed by atoms with E-state index < -0.39 is 11.6 Å². The highest BCUT2D eigenvalue weighted by Gasteiger charge is 2.48. The molecule has 2 atom stereocenters. The van der Waals surface area contributed by atoms with Crippen molar-refractivity contribution in [2.75, 3.05) is 6.54 Å². The van der Waals surface area contributed by atoms with E-state index in [9.17, 15) is 19.2 Å². The number of amides is 2. The maximum absolute atomic E-state index is 12.5. The van der Waals surface area contributed by atoms with Crippen molar-refractivity contribution >= 4 is 28.8 Å². The Morgan fingerprint density at radius 2 is 1.63 bits per heavy atom. The molecule has 2 heterocycles. The number of esters is 1. The number of rotatable bonds is 4. The Labute approximate surface area is 173 Å². The second-order valence-corrected chi connectivity index (χ2v) is 8.48. The SMILES string of the molecule is O=C(CN1C(=O)[C@H]2CCCC[C@@H]2C1=O)OCc1cc(=O)oc2cc3c(cc12)CCC3. The van der Waals surface area contributed by atoms with Gasteiger partial charge in [-0.1, -0.05) is 12.8 Å². The van der Waals surface area contributed by atoms with E-state index in [1.165, 1.54) is 17.2 Å². The molecular formula is C23H23NO6. The Kier molecular flexibility index (Phi) is 4.68. The van der Waals surface area contributed by atoms with Gasteiger partial charge in [-0.05, 0) is 55.4 Å². The first-order valence-corrected chi connectivity index (χ1v) is 10.6. The van der Waals surface area contributed by atoms with Gasteiger partial charge in [0.15, 0.2) is 0 Å². The molecule has 2 aliphatic carbocycles. The lowest BCUT2D eigenvalue weighted by Crippen LogP contribution is -2.36. The first-order chi connectivity index (χ1) is 14.5. The first kappa shape index (κ1) is 19.0. The Balaban J connectivity index is 1.31. The number of nitrogens with zero attached hydrogens (tertiary/aromatic N) is 1. The number of fused-ring (bicyclic) bond motifs is 3. The largest absolute Gasteiger partial charge is 0.459 e. The van der Waals surface area contributed by atoms with Gasteiger partial charge in [0.05, 0.1) is 11.8 Å². The van der Waals surface area contributed by atoms with Crippen LogP contribution < -0.4 is 5.63 Å². The molecule has 7 heteroatoms. The molecule has 2 aromatic rings. The maximum atomic E-state index is 12.5. The molecule has 0 radical (unpaired) electrons. The van der Waals surface area contributed by atoms with Crippen LogP contribution in [0.3, 0.4) is 0 Å². The van der Waals surface area contributed by atoms with Crippen LogP contribution >= 0.6 is 0 Å². The highest BCUT2D eigenvalue weighted by Crippen LogP contribution is 2.38. The van der Waals surface area contributed by atoms with Gasteiger partial charge in [-0.2, -0.15) is 0 Å². The van der Waals surface area contributed by atoms with Crippen LogP contribution in [0.5, 0.6) is 0 Å². The maximum Gasteiger partial charge on any atom is 0.336 e. The van der Waals surface area contributed by atoms with E-state index in [2.05, 4.69) is 0 Å². The Bertz CT molecular complexity index is 1090. The summed E-state index contributed by atoms with van der Waals surface area (Å²) in [5.74, 6) is -1.75. The van der Waals surface area contributed by atoms with E-state index >= 15 is 0 Å². The van der Waals surface area contributed by atoms with E-state index in [1.807, 2.05) is 12.1 Å². The minimum Gasteiger partial charge on any atom is -0.459 e. The van der Waals surface area contributed by atoms with Crippen molar-refractivity contribution in [2.24, 2.45) is 11.8 Å². The fourth-order valence-corrected chi connectivity index (χ4v) is 5.13. The summed E-state index contributed by atoms with van der Waals surface area (Å²) < 4.78 is 10.7. The number of hydrogen-bond acceptors (Lipinski definition) is 6. The number of likely N-dealkylation sites (tertiary alicyclic amines) is 1. The predicted molar refractivity (Wildman–Crippen MR) is 106 cm³/mol. The second kappa shape index (κ2) is 7.38. The monoisotopic (exact) mass is 409 g/mol. The molecule has 3 aliphatic rings. The van der Waals surface area contributed by atoms with Gasteiger partial charge >= 0.3 is 11.6 Å². The molecule has 1 aromatic heterocycles. The third kappa shape index (κ3) is 3.22. The van der Waals surface area contributed by atoms with Crippen LogP contribution in [0.2, 0.25) is 0 Å². The molecule has 1 aromatic carbocycles. The number of ether oxygens (including phenoxy) is 1. The van der Waals surface area contributed by atoms with Crippen LogP contribution in [0.25, 0.3) is 11.0 Å². The third-order valence-electron chi connectivity index (χ3n) is 6.65. The lowest BCUT2D eigenvalue weighted by molar-refractivity contribution is -0.153. The molecule has 0 N–H and O–H groups in total. The van der Waals surface area contributed by atoms with Gasteiger partial charge in [-0.25, -0.2) is 4.79 Å². The molecule has 0 spiro atoms. The predicted octanol–water partition coefficient (Wildman–Crippen LogP) is 2.50. The number of hydrogen-bond donors (Lipinski definition) is 0. The fourth-order valence-electron chi connectivity index (χ4n) is 5.13. The molecule has 5 rings (SSSR count).